The molecule has 1 aromatic heterocycles. The highest BCUT2D eigenvalue weighted by Crippen LogP contribution is 2.37. The number of methoxy groups -OCH3 is 1. The van der Waals surface area contributed by atoms with E-state index in [1.165, 1.54) is 20.1 Å². The molecule has 0 bridgehead atoms. The molecule has 1 heterocycles. The van der Waals surface area contributed by atoms with Crippen LogP contribution in [-0.4, -0.2) is 26.6 Å². The van der Waals surface area contributed by atoms with Gasteiger partial charge >= 0.3 is 0 Å². The lowest BCUT2D eigenvalue weighted by molar-refractivity contribution is -0.114. The zero-order valence-corrected chi connectivity index (χ0v) is 18.9. The van der Waals surface area contributed by atoms with E-state index in [4.69, 9.17) is 9.26 Å². The minimum atomic E-state index is -3.98. The molecule has 164 valence electrons. The zero-order valence-electron chi connectivity index (χ0n) is 18.1. The number of sulfonamides is 1. The second-order valence-electron chi connectivity index (χ2n) is 7.09. The second kappa shape index (κ2) is 8.81. The molecule has 1 amide bonds. The predicted molar refractivity (Wildman–Crippen MR) is 119 cm³/mol. The van der Waals surface area contributed by atoms with Gasteiger partial charge in [-0.15, -0.1) is 0 Å². The summed E-state index contributed by atoms with van der Waals surface area (Å²) in [6.45, 7) is 7.01. The van der Waals surface area contributed by atoms with Gasteiger partial charge in [0, 0.05) is 6.92 Å². The number of nitrogens with zero attached hydrogens (tertiary/aromatic N) is 1. The third-order valence-electron chi connectivity index (χ3n) is 4.98. The largest absolute Gasteiger partial charge is 0.495 e. The highest BCUT2D eigenvalue weighted by Gasteiger charge is 2.25. The van der Waals surface area contributed by atoms with Gasteiger partial charge in [-0.3, -0.25) is 14.8 Å². The van der Waals surface area contributed by atoms with E-state index in [9.17, 15) is 13.2 Å². The summed E-state index contributed by atoms with van der Waals surface area (Å²) in [4.78, 5) is 11.5. The lowest BCUT2D eigenvalue weighted by Crippen LogP contribution is -2.15. The number of hydrogen-bond donors (Lipinski definition) is 2. The van der Waals surface area contributed by atoms with Crippen molar-refractivity contribution in [3.8, 4) is 16.9 Å². The summed E-state index contributed by atoms with van der Waals surface area (Å²) >= 11 is 0. The highest BCUT2D eigenvalue weighted by atomic mass is 32.2. The van der Waals surface area contributed by atoms with Gasteiger partial charge in [0.2, 0.25) is 11.8 Å². The van der Waals surface area contributed by atoms with Gasteiger partial charge in [-0.2, -0.15) is 0 Å². The van der Waals surface area contributed by atoms with Gasteiger partial charge in [0.25, 0.3) is 10.0 Å². The zero-order chi connectivity index (χ0) is 22.8. The summed E-state index contributed by atoms with van der Waals surface area (Å²) in [6.07, 6.45) is 0.535. The highest BCUT2D eigenvalue weighted by molar-refractivity contribution is 7.92. The van der Waals surface area contributed by atoms with Crippen molar-refractivity contribution in [3.63, 3.8) is 0 Å². The summed E-state index contributed by atoms with van der Waals surface area (Å²) in [6, 6.07) is 10.2. The number of nitrogens with one attached hydrogen (secondary N) is 2. The number of carbonyl (C=O) groups is 1. The number of benzene rings is 2. The van der Waals surface area contributed by atoms with E-state index in [1.807, 2.05) is 26.8 Å². The number of aromatic nitrogens is 1. The van der Waals surface area contributed by atoms with Gasteiger partial charge in [0.15, 0.2) is 0 Å². The number of anilines is 2. The van der Waals surface area contributed by atoms with Crippen LogP contribution in [0.2, 0.25) is 0 Å². The average Bonchev–Trinajstić information content (AvgIpc) is 3.12. The Morgan fingerprint density at radius 2 is 1.94 bits per heavy atom. The molecule has 0 atom stereocenters. The monoisotopic (exact) mass is 443 g/mol. The molecule has 9 heteroatoms. The molecule has 0 spiro atoms. The molecule has 0 aliphatic rings. The third-order valence-corrected chi connectivity index (χ3v) is 6.36. The van der Waals surface area contributed by atoms with Crippen molar-refractivity contribution in [2.24, 2.45) is 0 Å². The van der Waals surface area contributed by atoms with Gasteiger partial charge in [-0.25, -0.2) is 8.42 Å². The molecule has 2 aromatic carbocycles. The van der Waals surface area contributed by atoms with Crippen molar-refractivity contribution in [3.05, 3.63) is 53.2 Å². The fourth-order valence-corrected chi connectivity index (χ4v) is 4.53. The van der Waals surface area contributed by atoms with Crippen LogP contribution >= 0.6 is 0 Å². The van der Waals surface area contributed by atoms with Crippen molar-refractivity contribution in [2.45, 2.75) is 39.0 Å². The molecule has 0 aliphatic carbocycles. The molecule has 8 nitrogen and oxygen atoms in total. The van der Waals surface area contributed by atoms with E-state index < -0.39 is 10.0 Å². The molecule has 0 aliphatic heterocycles. The third kappa shape index (κ3) is 4.56. The molecule has 31 heavy (non-hydrogen) atoms. The van der Waals surface area contributed by atoms with E-state index >= 15 is 0 Å². The maximum absolute atomic E-state index is 13.3. The van der Waals surface area contributed by atoms with Crippen LogP contribution in [0.15, 0.2) is 45.8 Å². The number of amides is 1. The number of ether oxygens (including phenoxy) is 1. The molecule has 3 aromatic rings. The first-order chi connectivity index (χ1) is 14.7. The minimum absolute atomic E-state index is 0.0366. The lowest BCUT2D eigenvalue weighted by Gasteiger charge is -2.15. The molecular weight excluding hydrogens is 418 g/mol. The maximum atomic E-state index is 13.3. The van der Waals surface area contributed by atoms with Crippen LogP contribution in [0.5, 0.6) is 5.75 Å². The number of aryl methyl sites for hydroxylation is 2. The summed E-state index contributed by atoms with van der Waals surface area (Å²) in [5, 5.41) is 6.60. The lowest BCUT2D eigenvalue weighted by atomic mass is 10.0. The Kier molecular flexibility index (Phi) is 6.35. The second-order valence-corrected chi connectivity index (χ2v) is 8.74. The van der Waals surface area contributed by atoms with Crippen molar-refractivity contribution in [1.82, 2.24) is 5.16 Å². The fraction of sp³-hybridized carbons (Fsp3) is 0.273. The summed E-state index contributed by atoms with van der Waals surface area (Å²) < 4.78 is 39.8. The van der Waals surface area contributed by atoms with E-state index in [-0.39, 0.29) is 22.4 Å². The fourth-order valence-electron chi connectivity index (χ4n) is 3.21. The Balaban J connectivity index is 2.13. The Hall–Kier alpha value is -3.33. The topological polar surface area (TPSA) is 111 Å². The molecule has 0 saturated carbocycles. The van der Waals surface area contributed by atoms with Crippen molar-refractivity contribution in [2.75, 3.05) is 17.1 Å². The average molecular weight is 444 g/mol. The first kappa shape index (κ1) is 22.4. The van der Waals surface area contributed by atoms with Crippen LogP contribution < -0.4 is 14.8 Å². The molecule has 0 fully saturated rings. The van der Waals surface area contributed by atoms with Gasteiger partial charge in [-0.05, 0) is 55.2 Å². The molecule has 2 N–H and O–H groups in total. The first-order valence-corrected chi connectivity index (χ1v) is 11.2. The summed E-state index contributed by atoms with van der Waals surface area (Å²) in [5.41, 5.74) is 3.96. The van der Waals surface area contributed by atoms with E-state index in [2.05, 4.69) is 15.2 Å². The van der Waals surface area contributed by atoms with Crippen LogP contribution in [0, 0.1) is 13.8 Å². The van der Waals surface area contributed by atoms with E-state index in [0.717, 1.165) is 11.1 Å². The molecule has 0 radical (unpaired) electrons. The first-order valence-electron chi connectivity index (χ1n) is 9.71. The van der Waals surface area contributed by atoms with Crippen LogP contribution in [0.1, 0.15) is 30.7 Å². The maximum Gasteiger partial charge on any atom is 0.265 e. The van der Waals surface area contributed by atoms with Gasteiger partial charge < -0.3 is 9.26 Å². The number of hydrogen-bond acceptors (Lipinski definition) is 6. The van der Waals surface area contributed by atoms with Gasteiger partial charge in [0.1, 0.15) is 10.6 Å². The van der Waals surface area contributed by atoms with Crippen LogP contribution in [0.3, 0.4) is 0 Å². The van der Waals surface area contributed by atoms with Gasteiger partial charge in [-0.1, -0.05) is 30.3 Å². The quantitative estimate of drug-likeness (QED) is 0.564. The minimum Gasteiger partial charge on any atom is -0.495 e. The molecular formula is C22H25N3O5S. The van der Waals surface area contributed by atoms with E-state index in [0.29, 0.717) is 28.9 Å². The van der Waals surface area contributed by atoms with E-state index in [1.54, 1.807) is 24.3 Å². The SMILES string of the molecule is CCc1noc(NC(C)=O)c1-c1ccc(OC)c(S(=O)(=O)Nc2cccc(C)c2C)c1. The van der Waals surface area contributed by atoms with Crippen molar-refractivity contribution >= 4 is 27.5 Å². The Bertz CT molecular complexity index is 1230. The summed E-state index contributed by atoms with van der Waals surface area (Å²) in [7, 11) is -2.57. The number of carbonyl (C=O) groups excluding carboxylic acids is 1. The number of rotatable bonds is 7. The van der Waals surface area contributed by atoms with Crippen LogP contribution in [-0.2, 0) is 21.2 Å². The van der Waals surface area contributed by atoms with Crippen LogP contribution in [0.25, 0.3) is 11.1 Å². The predicted octanol–water partition coefficient (Wildman–Crippen LogP) is 4.29. The Labute approximate surface area is 181 Å². The summed E-state index contributed by atoms with van der Waals surface area (Å²) in [5.74, 6) is 0.0375. The Morgan fingerprint density at radius 3 is 2.58 bits per heavy atom. The smallest absolute Gasteiger partial charge is 0.265 e. The molecule has 3 rings (SSSR count). The van der Waals surface area contributed by atoms with Crippen molar-refractivity contribution in [1.29, 1.82) is 0 Å². The normalized spacial score (nSPS) is 11.3. The van der Waals surface area contributed by atoms with Gasteiger partial charge in [0.05, 0.1) is 24.1 Å². The van der Waals surface area contributed by atoms with Crippen LogP contribution in [0.4, 0.5) is 11.6 Å². The van der Waals surface area contributed by atoms with Crippen molar-refractivity contribution < 1.29 is 22.5 Å². The molecule has 0 saturated heterocycles. The molecule has 0 unspecified atom stereocenters. The Morgan fingerprint density at radius 1 is 1.19 bits per heavy atom. The standard InChI is InChI=1S/C22H25N3O5S/c1-6-17-21(22(30-24-17)23-15(4)26)16-10-11-19(29-5)20(12-16)31(27,28)25-18-9-7-8-13(2)14(18)3/h7-12,25H,6H2,1-5H3,(H,23,26).